The Hall–Kier alpha value is -3.76. The Bertz CT molecular complexity index is 1660. The molecule has 0 N–H and O–H groups in total. The molecule has 5 aromatic carbocycles. The Morgan fingerprint density at radius 2 is 0.717 bits per heavy atom. The van der Waals surface area contributed by atoms with Crippen LogP contribution in [-0.4, -0.2) is 7.85 Å². The molecular formula is C42H46BBrN2. The largest absolute Gasteiger partial charge is 0.310 e. The molecule has 0 aliphatic heterocycles. The highest BCUT2D eigenvalue weighted by Gasteiger charge is 2.24. The first-order valence-corrected chi connectivity index (χ1v) is 16.9. The monoisotopic (exact) mass is 668 g/mol. The zero-order valence-corrected chi connectivity index (χ0v) is 30.7. The van der Waals surface area contributed by atoms with Gasteiger partial charge in [-0.15, -0.1) is 0 Å². The number of aryl methyl sites for hydroxylation is 4. The average molecular weight is 670 g/mol. The van der Waals surface area contributed by atoms with Gasteiger partial charge in [-0.05, 0) is 133 Å². The smallest absolute Gasteiger partial charge is 0.113 e. The molecule has 0 heterocycles. The van der Waals surface area contributed by atoms with Crippen molar-refractivity contribution in [2.45, 2.75) is 80.1 Å². The molecule has 0 aliphatic carbocycles. The van der Waals surface area contributed by atoms with E-state index in [1.165, 1.54) is 44.8 Å². The van der Waals surface area contributed by atoms with Crippen molar-refractivity contribution in [1.82, 2.24) is 0 Å². The van der Waals surface area contributed by atoms with E-state index < -0.39 is 0 Å². The zero-order valence-electron chi connectivity index (χ0n) is 29.1. The van der Waals surface area contributed by atoms with Crippen LogP contribution in [0.3, 0.4) is 0 Å². The second-order valence-corrected chi connectivity index (χ2v) is 15.6. The van der Waals surface area contributed by atoms with Gasteiger partial charge in [0.05, 0.1) is 11.4 Å². The van der Waals surface area contributed by atoms with Gasteiger partial charge in [-0.1, -0.05) is 99.3 Å². The fourth-order valence-corrected chi connectivity index (χ4v) is 6.53. The highest BCUT2D eigenvalue weighted by atomic mass is 79.9. The van der Waals surface area contributed by atoms with E-state index in [0.29, 0.717) is 0 Å². The molecule has 46 heavy (non-hydrogen) atoms. The Labute approximate surface area is 287 Å². The Kier molecular flexibility index (Phi) is 9.35. The maximum Gasteiger partial charge on any atom is 0.113 e. The van der Waals surface area contributed by atoms with Gasteiger partial charge < -0.3 is 9.80 Å². The van der Waals surface area contributed by atoms with E-state index in [2.05, 4.69) is 180 Å². The van der Waals surface area contributed by atoms with Crippen molar-refractivity contribution in [3.8, 4) is 0 Å². The number of hydrogen-bond acceptors (Lipinski definition) is 2. The van der Waals surface area contributed by atoms with Crippen molar-refractivity contribution in [2.75, 3.05) is 9.80 Å². The van der Waals surface area contributed by atoms with Crippen molar-refractivity contribution < 1.29 is 0 Å². The van der Waals surface area contributed by atoms with Gasteiger partial charge in [-0.25, -0.2) is 0 Å². The minimum Gasteiger partial charge on any atom is -0.310 e. The summed E-state index contributed by atoms with van der Waals surface area (Å²) >= 11 is 3.64. The molecule has 0 amide bonds. The fraction of sp³-hybridized carbons (Fsp3) is 0.286. The van der Waals surface area contributed by atoms with Crippen LogP contribution in [0.5, 0.6) is 0 Å². The summed E-state index contributed by atoms with van der Waals surface area (Å²) in [4.78, 5) is 4.74. The van der Waals surface area contributed by atoms with Crippen LogP contribution in [0.15, 0.2) is 102 Å². The van der Waals surface area contributed by atoms with Crippen LogP contribution in [0.1, 0.15) is 74.9 Å². The maximum atomic E-state index is 6.14. The summed E-state index contributed by atoms with van der Waals surface area (Å²) in [7, 11) is 6.14. The SMILES string of the molecule is [B]c1ccc(N(c2ccc(N(c3ccc(Br)cc3)c3c(C)cc(C(C)(C)C)cc3C)cc2)c2c(C)cc(C(C)(C)C)cc2C)cc1. The third-order valence-electron chi connectivity index (χ3n) is 8.76. The molecule has 2 nitrogen and oxygen atoms in total. The fourth-order valence-electron chi connectivity index (χ4n) is 6.26. The van der Waals surface area contributed by atoms with E-state index in [1.54, 1.807) is 0 Å². The quantitative estimate of drug-likeness (QED) is 0.166. The Morgan fingerprint density at radius 3 is 1.00 bits per heavy atom. The van der Waals surface area contributed by atoms with E-state index in [-0.39, 0.29) is 10.8 Å². The lowest BCUT2D eigenvalue weighted by Gasteiger charge is -2.32. The molecule has 0 bridgehead atoms. The molecule has 5 aromatic rings. The lowest BCUT2D eigenvalue weighted by molar-refractivity contribution is 0.589. The molecule has 0 aromatic heterocycles. The average Bonchev–Trinajstić information content (AvgIpc) is 2.97. The van der Waals surface area contributed by atoms with Gasteiger partial charge >= 0.3 is 0 Å². The summed E-state index contributed by atoms with van der Waals surface area (Å²) in [5.41, 5.74) is 15.4. The first-order chi connectivity index (χ1) is 21.5. The van der Waals surface area contributed by atoms with Crippen molar-refractivity contribution in [2.24, 2.45) is 0 Å². The lowest BCUT2D eigenvalue weighted by atomic mass is 9.84. The number of nitrogens with zero attached hydrogens (tertiary/aromatic N) is 2. The van der Waals surface area contributed by atoms with Gasteiger partial charge in [0.2, 0.25) is 0 Å². The molecule has 234 valence electrons. The van der Waals surface area contributed by atoms with Crippen LogP contribution < -0.4 is 15.3 Å². The van der Waals surface area contributed by atoms with Gasteiger partial charge in [-0.3, -0.25) is 0 Å². The lowest BCUT2D eigenvalue weighted by Crippen LogP contribution is -2.18. The van der Waals surface area contributed by atoms with E-state index in [9.17, 15) is 0 Å². The summed E-state index contributed by atoms with van der Waals surface area (Å²) in [6.45, 7) is 22.5. The number of benzene rings is 5. The summed E-state index contributed by atoms with van der Waals surface area (Å²) < 4.78 is 1.06. The molecular weight excluding hydrogens is 623 g/mol. The summed E-state index contributed by atoms with van der Waals surface area (Å²) in [6, 6.07) is 35.1. The topological polar surface area (TPSA) is 6.48 Å². The van der Waals surface area contributed by atoms with Crippen LogP contribution >= 0.6 is 15.9 Å². The molecule has 4 heteroatoms. The number of anilines is 6. The predicted molar refractivity (Wildman–Crippen MR) is 205 cm³/mol. The molecule has 0 saturated heterocycles. The third-order valence-corrected chi connectivity index (χ3v) is 9.29. The first kappa shape index (κ1) is 33.6. The van der Waals surface area contributed by atoms with Gasteiger partial charge in [0.1, 0.15) is 7.85 Å². The first-order valence-electron chi connectivity index (χ1n) is 16.1. The molecule has 0 saturated carbocycles. The molecule has 0 aliphatic rings. The molecule has 0 unspecified atom stereocenters. The Balaban J connectivity index is 1.67. The van der Waals surface area contributed by atoms with Gasteiger partial charge in [0, 0.05) is 27.2 Å². The van der Waals surface area contributed by atoms with Gasteiger partial charge in [-0.2, -0.15) is 0 Å². The highest BCUT2D eigenvalue weighted by molar-refractivity contribution is 9.10. The number of hydrogen-bond donors (Lipinski definition) is 0. The van der Waals surface area contributed by atoms with Gasteiger partial charge in [0.15, 0.2) is 0 Å². The predicted octanol–water partition coefficient (Wildman–Crippen LogP) is 12.0. The van der Waals surface area contributed by atoms with Crippen LogP contribution in [-0.2, 0) is 10.8 Å². The van der Waals surface area contributed by atoms with Crippen LogP contribution in [0.25, 0.3) is 0 Å². The molecule has 2 radical (unpaired) electrons. The summed E-state index contributed by atoms with van der Waals surface area (Å²) in [5.74, 6) is 0. The Morgan fingerprint density at radius 1 is 0.457 bits per heavy atom. The number of rotatable bonds is 6. The van der Waals surface area contributed by atoms with Crippen molar-refractivity contribution >= 4 is 63.4 Å². The van der Waals surface area contributed by atoms with Crippen LogP contribution in [0.2, 0.25) is 0 Å². The minimum atomic E-state index is 0.0690. The van der Waals surface area contributed by atoms with E-state index in [4.69, 9.17) is 7.85 Å². The molecule has 0 fully saturated rings. The minimum absolute atomic E-state index is 0.0690. The normalized spacial score (nSPS) is 11.9. The summed E-state index contributed by atoms with van der Waals surface area (Å²) in [5, 5.41) is 0. The van der Waals surface area contributed by atoms with Gasteiger partial charge in [0.25, 0.3) is 0 Å². The van der Waals surface area contributed by atoms with E-state index >= 15 is 0 Å². The van der Waals surface area contributed by atoms with E-state index in [0.717, 1.165) is 32.7 Å². The van der Waals surface area contributed by atoms with Crippen LogP contribution in [0, 0.1) is 27.7 Å². The second kappa shape index (κ2) is 12.8. The molecule has 0 spiro atoms. The molecule has 0 atom stereocenters. The summed E-state index contributed by atoms with van der Waals surface area (Å²) in [6.07, 6.45) is 0. The third kappa shape index (κ3) is 6.98. The van der Waals surface area contributed by atoms with Crippen molar-refractivity contribution in [3.63, 3.8) is 0 Å². The zero-order chi connectivity index (χ0) is 33.6. The molecule has 5 rings (SSSR count). The maximum absolute atomic E-state index is 6.14. The van der Waals surface area contributed by atoms with Crippen molar-refractivity contribution in [1.29, 1.82) is 0 Å². The van der Waals surface area contributed by atoms with E-state index in [1.807, 2.05) is 12.1 Å². The van der Waals surface area contributed by atoms with Crippen molar-refractivity contribution in [3.05, 3.63) is 135 Å². The number of halogens is 1. The van der Waals surface area contributed by atoms with Crippen LogP contribution in [0.4, 0.5) is 34.1 Å². The standard InChI is InChI=1S/C42H46BBrN2/c1-27-23-31(41(5,6)7)24-28(2)39(27)45(35-15-11-33(43)12-16-35)37-19-21-38(22-20-37)46(36-17-13-34(44)14-18-36)40-29(3)25-32(26-30(40)4)42(8,9)10/h11-26H,1-10H3. The highest BCUT2D eigenvalue weighted by Crippen LogP contribution is 2.44. The second-order valence-electron chi connectivity index (χ2n) is 14.7.